The fourth-order valence-corrected chi connectivity index (χ4v) is 2.01. The SMILES string of the molecule is CCN1CCNC(c2ccccc2)C1.[HH]. The van der Waals surface area contributed by atoms with Gasteiger partial charge in [0.15, 0.2) is 0 Å². The first-order chi connectivity index (χ1) is 6.90. The summed E-state index contributed by atoms with van der Waals surface area (Å²) in [5, 5.41) is 3.56. The zero-order chi connectivity index (χ0) is 9.80. The van der Waals surface area contributed by atoms with E-state index in [4.69, 9.17) is 0 Å². The van der Waals surface area contributed by atoms with Crippen LogP contribution in [-0.2, 0) is 0 Å². The van der Waals surface area contributed by atoms with Crippen LogP contribution in [0.4, 0.5) is 0 Å². The fraction of sp³-hybridized carbons (Fsp3) is 0.500. The van der Waals surface area contributed by atoms with Crippen LogP contribution >= 0.6 is 0 Å². The van der Waals surface area contributed by atoms with E-state index in [2.05, 4.69) is 47.5 Å². The summed E-state index contributed by atoms with van der Waals surface area (Å²) in [4.78, 5) is 2.49. The van der Waals surface area contributed by atoms with E-state index < -0.39 is 0 Å². The van der Waals surface area contributed by atoms with Gasteiger partial charge in [0.2, 0.25) is 0 Å². The van der Waals surface area contributed by atoms with Crippen LogP contribution in [0.3, 0.4) is 0 Å². The van der Waals surface area contributed by atoms with E-state index in [0.29, 0.717) is 6.04 Å². The van der Waals surface area contributed by atoms with Crippen LogP contribution in [0.15, 0.2) is 30.3 Å². The van der Waals surface area contributed by atoms with E-state index >= 15 is 0 Å². The summed E-state index contributed by atoms with van der Waals surface area (Å²) >= 11 is 0. The molecule has 0 aromatic heterocycles. The molecule has 1 heterocycles. The van der Waals surface area contributed by atoms with E-state index in [1.54, 1.807) is 0 Å². The Hall–Kier alpha value is -0.860. The first-order valence-electron chi connectivity index (χ1n) is 5.41. The molecule has 1 saturated heterocycles. The summed E-state index contributed by atoms with van der Waals surface area (Å²) < 4.78 is 0. The lowest BCUT2D eigenvalue weighted by Gasteiger charge is -2.33. The van der Waals surface area contributed by atoms with Crippen molar-refractivity contribution in [2.45, 2.75) is 13.0 Å². The van der Waals surface area contributed by atoms with Crippen LogP contribution < -0.4 is 5.32 Å². The average Bonchev–Trinajstić information content (AvgIpc) is 2.30. The van der Waals surface area contributed by atoms with Crippen molar-refractivity contribution < 1.29 is 1.43 Å². The second kappa shape index (κ2) is 4.58. The number of hydrogen-bond acceptors (Lipinski definition) is 2. The molecule has 1 atom stereocenters. The first-order valence-corrected chi connectivity index (χ1v) is 5.41. The largest absolute Gasteiger partial charge is 0.308 e. The Morgan fingerprint density at radius 2 is 2.21 bits per heavy atom. The van der Waals surface area contributed by atoms with Gasteiger partial charge in [0.25, 0.3) is 0 Å². The van der Waals surface area contributed by atoms with Crippen molar-refractivity contribution in [2.75, 3.05) is 26.2 Å². The highest BCUT2D eigenvalue weighted by molar-refractivity contribution is 5.19. The zero-order valence-electron chi connectivity index (χ0n) is 8.74. The van der Waals surface area contributed by atoms with Gasteiger partial charge < -0.3 is 10.2 Å². The maximum atomic E-state index is 3.56. The van der Waals surface area contributed by atoms with Gasteiger partial charge in [-0.05, 0) is 12.1 Å². The standard InChI is InChI=1S/C12H18N2.H2/c1-2-14-9-8-13-12(10-14)11-6-4-3-5-7-11;/h3-7,12-13H,2,8-10H2,1H3;1H. The highest BCUT2D eigenvalue weighted by Crippen LogP contribution is 2.16. The van der Waals surface area contributed by atoms with Gasteiger partial charge in [-0.3, -0.25) is 0 Å². The molecule has 1 aliphatic heterocycles. The molecule has 14 heavy (non-hydrogen) atoms. The maximum Gasteiger partial charge on any atom is 0.0449 e. The van der Waals surface area contributed by atoms with Crippen LogP contribution in [0.25, 0.3) is 0 Å². The zero-order valence-corrected chi connectivity index (χ0v) is 8.74. The fourth-order valence-electron chi connectivity index (χ4n) is 2.01. The third-order valence-corrected chi connectivity index (χ3v) is 2.91. The average molecular weight is 192 g/mol. The third kappa shape index (κ3) is 2.14. The van der Waals surface area contributed by atoms with Crippen molar-refractivity contribution in [1.29, 1.82) is 0 Å². The molecule has 0 bridgehead atoms. The smallest absolute Gasteiger partial charge is 0.0449 e. The molecule has 2 rings (SSSR count). The summed E-state index contributed by atoms with van der Waals surface area (Å²) in [6.45, 7) is 6.81. The van der Waals surface area contributed by atoms with Crippen LogP contribution in [0.5, 0.6) is 0 Å². The van der Waals surface area contributed by atoms with Crippen molar-refractivity contribution in [3.05, 3.63) is 35.9 Å². The van der Waals surface area contributed by atoms with Gasteiger partial charge in [-0.15, -0.1) is 0 Å². The Morgan fingerprint density at radius 3 is 2.93 bits per heavy atom. The van der Waals surface area contributed by atoms with Gasteiger partial charge in [0.05, 0.1) is 0 Å². The minimum absolute atomic E-state index is 0. The van der Waals surface area contributed by atoms with Gasteiger partial charge >= 0.3 is 0 Å². The van der Waals surface area contributed by atoms with Crippen molar-refractivity contribution in [3.8, 4) is 0 Å². The van der Waals surface area contributed by atoms with Crippen molar-refractivity contribution >= 4 is 0 Å². The van der Waals surface area contributed by atoms with E-state index in [0.717, 1.165) is 19.6 Å². The Kier molecular flexibility index (Phi) is 3.17. The summed E-state index contributed by atoms with van der Waals surface area (Å²) in [7, 11) is 0. The number of piperazine rings is 1. The monoisotopic (exact) mass is 192 g/mol. The summed E-state index contributed by atoms with van der Waals surface area (Å²) in [5.74, 6) is 0. The minimum atomic E-state index is 0. The Morgan fingerprint density at radius 1 is 1.43 bits per heavy atom. The predicted molar refractivity (Wildman–Crippen MR) is 61.4 cm³/mol. The van der Waals surface area contributed by atoms with Gasteiger partial charge in [-0.1, -0.05) is 37.3 Å². The molecular formula is C12H20N2. The maximum absolute atomic E-state index is 3.56. The van der Waals surface area contributed by atoms with Crippen molar-refractivity contribution in [1.82, 2.24) is 10.2 Å². The van der Waals surface area contributed by atoms with Crippen LogP contribution in [0.1, 0.15) is 20.0 Å². The number of hydrogen-bond donors (Lipinski definition) is 1. The number of likely N-dealkylation sites (N-methyl/N-ethyl adjacent to an activating group) is 1. The highest BCUT2D eigenvalue weighted by Gasteiger charge is 2.18. The Labute approximate surface area is 87.4 Å². The molecule has 1 fully saturated rings. The molecule has 1 N–H and O–H groups in total. The first kappa shape index (κ1) is 9.69. The molecular weight excluding hydrogens is 172 g/mol. The summed E-state index contributed by atoms with van der Waals surface area (Å²) in [6, 6.07) is 11.2. The normalized spacial score (nSPS) is 23.6. The third-order valence-electron chi connectivity index (χ3n) is 2.91. The molecule has 1 unspecified atom stereocenters. The molecule has 0 amide bonds. The second-order valence-corrected chi connectivity index (χ2v) is 3.81. The molecule has 0 aliphatic carbocycles. The lowest BCUT2D eigenvalue weighted by Crippen LogP contribution is -2.45. The van der Waals surface area contributed by atoms with Gasteiger partial charge in [-0.25, -0.2) is 0 Å². The molecule has 0 radical (unpaired) electrons. The predicted octanol–water partition coefficient (Wildman–Crippen LogP) is 1.90. The Balaban J connectivity index is 0.00000112. The van der Waals surface area contributed by atoms with Crippen molar-refractivity contribution in [3.63, 3.8) is 0 Å². The van der Waals surface area contributed by atoms with Crippen LogP contribution in [0, 0.1) is 0 Å². The summed E-state index contributed by atoms with van der Waals surface area (Å²) in [5.41, 5.74) is 1.41. The second-order valence-electron chi connectivity index (χ2n) is 3.81. The van der Waals surface area contributed by atoms with Crippen LogP contribution in [-0.4, -0.2) is 31.1 Å². The van der Waals surface area contributed by atoms with E-state index in [1.807, 2.05) is 0 Å². The summed E-state index contributed by atoms with van der Waals surface area (Å²) in [6.07, 6.45) is 0. The van der Waals surface area contributed by atoms with Gasteiger partial charge in [0.1, 0.15) is 0 Å². The quantitative estimate of drug-likeness (QED) is 0.770. The van der Waals surface area contributed by atoms with Crippen LogP contribution in [0.2, 0.25) is 0 Å². The van der Waals surface area contributed by atoms with Gasteiger partial charge in [-0.2, -0.15) is 0 Å². The molecule has 78 valence electrons. The minimum Gasteiger partial charge on any atom is -0.308 e. The van der Waals surface area contributed by atoms with E-state index in [-0.39, 0.29) is 1.43 Å². The number of nitrogens with one attached hydrogen (secondary N) is 1. The number of benzene rings is 1. The topological polar surface area (TPSA) is 15.3 Å². The molecule has 2 nitrogen and oxygen atoms in total. The number of rotatable bonds is 2. The Bertz CT molecular complexity index is 276. The van der Waals surface area contributed by atoms with Gasteiger partial charge in [0, 0.05) is 27.1 Å². The molecule has 1 aromatic carbocycles. The lowest BCUT2D eigenvalue weighted by atomic mass is 10.0. The molecule has 2 heteroatoms. The molecule has 0 spiro atoms. The molecule has 1 aliphatic rings. The number of nitrogens with zero attached hydrogens (tertiary/aromatic N) is 1. The lowest BCUT2D eigenvalue weighted by molar-refractivity contribution is 0.210. The molecule has 0 saturated carbocycles. The van der Waals surface area contributed by atoms with E-state index in [9.17, 15) is 0 Å². The highest BCUT2D eigenvalue weighted by atomic mass is 15.2. The van der Waals surface area contributed by atoms with Crippen molar-refractivity contribution in [2.24, 2.45) is 0 Å². The molecule has 1 aromatic rings. The van der Waals surface area contributed by atoms with E-state index in [1.165, 1.54) is 12.1 Å².